The third kappa shape index (κ3) is 6.49. The molecule has 0 saturated carbocycles. The Morgan fingerprint density at radius 2 is 1.97 bits per heavy atom. The molecular formula is C21H20BrFN6O2S. The van der Waals surface area contributed by atoms with E-state index in [4.69, 9.17) is 5.73 Å². The molecule has 166 valence electrons. The molecule has 0 aliphatic heterocycles. The summed E-state index contributed by atoms with van der Waals surface area (Å²) in [7, 11) is 0. The SMILES string of the molecule is NC(=O)c1c(F)cccc1Nc1nc(Nc2ccc(SNCCCC=O)cc2)ncc1Br. The molecule has 3 rings (SSSR count). The van der Waals surface area contributed by atoms with Crippen LogP contribution in [0.3, 0.4) is 0 Å². The number of nitrogens with two attached hydrogens (primary N) is 1. The van der Waals surface area contributed by atoms with Crippen LogP contribution in [0.1, 0.15) is 23.2 Å². The molecule has 1 aromatic heterocycles. The van der Waals surface area contributed by atoms with Gasteiger partial charge in [0.2, 0.25) is 5.95 Å². The maximum absolute atomic E-state index is 14.0. The number of aldehydes is 1. The van der Waals surface area contributed by atoms with E-state index in [2.05, 4.69) is 41.3 Å². The Hall–Kier alpha value is -3.02. The van der Waals surface area contributed by atoms with E-state index in [0.717, 1.165) is 35.9 Å². The summed E-state index contributed by atoms with van der Waals surface area (Å²) >= 11 is 4.84. The van der Waals surface area contributed by atoms with Gasteiger partial charge >= 0.3 is 0 Å². The lowest BCUT2D eigenvalue weighted by atomic mass is 10.1. The first-order chi connectivity index (χ1) is 15.5. The monoisotopic (exact) mass is 518 g/mol. The van der Waals surface area contributed by atoms with Crippen LogP contribution in [0.15, 0.2) is 58.0 Å². The molecule has 0 saturated heterocycles. The van der Waals surface area contributed by atoms with Crippen LogP contribution in [-0.4, -0.2) is 28.7 Å². The standard InChI is InChI=1S/C21H20BrFN6O2S/c22-15-12-25-21(27-13-6-8-14(9-7-13)32-26-10-1-2-11-30)29-20(15)28-17-5-3-4-16(23)18(17)19(24)31/h3-9,11-12,26H,1-2,10H2,(H2,24,31)(H2,25,27,28,29). The van der Waals surface area contributed by atoms with Crippen LogP contribution in [0.4, 0.5) is 27.5 Å². The fourth-order valence-corrected chi connectivity index (χ4v) is 3.62. The highest BCUT2D eigenvalue weighted by molar-refractivity contribution is 9.10. The molecule has 2 aromatic carbocycles. The Bertz CT molecular complexity index is 1100. The van der Waals surface area contributed by atoms with Gasteiger partial charge in [0, 0.05) is 29.7 Å². The average Bonchev–Trinajstić information content (AvgIpc) is 2.77. The van der Waals surface area contributed by atoms with Crippen LogP contribution in [0.5, 0.6) is 0 Å². The van der Waals surface area contributed by atoms with E-state index in [9.17, 15) is 14.0 Å². The largest absolute Gasteiger partial charge is 0.365 e. The normalized spacial score (nSPS) is 10.6. The molecule has 1 amide bonds. The molecule has 32 heavy (non-hydrogen) atoms. The third-order valence-corrected chi connectivity index (χ3v) is 5.60. The van der Waals surface area contributed by atoms with Gasteiger partial charge in [-0.1, -0.05) is 6.07 Å². The van der Waals surface area contributed by atoms with E-state index in [0.29, 0.717) is 22.7 Å². The maximum atomic E-state index is 14.0. The molecular weight excluding hydrogens is 499 g/mol. The number of halogens is 2. The van der Waals surface area contributed by atoms with Crippen molar-refractivity contribution in [3.63, 3.8) is 0 Å². The van der Waals surface area contributed by atoms with Crippen molar-refractivity contribution in [2.45, 2.75) is 17.7 Å². The lowest BCUT2D eigenvalue weighted by Gasteiger charge is -2.13. The van der Waals surface area contributed by atoms with E-state index in [1.807, 2.05) is 24.3 Å². The molecule has 0 bridgehead atoms. The molecule has 0 fully saturated rings. The van der Waals surface area contributed by atoms with Crippen molar-refractivity contribution in [1.29, 1.82) is 0 Å². The van der Waals surface area contributed by atoms with Crippen LogP contribution in [0, 0.1) is 5.82 Å². The summed E-state index contributed by atoms with van der Waals surface area (Å²) in [5, 5.41) is 6.02. The summed E-state index contributed by atoms with van der Waals surface area (Å²) in [5.41, 5.74) is 6.03. The van der Waals surface area contributed by atoms with E-state index in [1.54, 1.807) is 0 Å². The number of amides is 1. The second-order valence-corrected chi connectivity index (χ2v) is 8.32. The first kappa shape index (κ1) is 23.6. The Morgan fingerprint density at radius 3 is 2.69 bits per heavy atom. The maximum Gasteiger partial charge on any atom is 0.253 e. The van der Waals surface area contributed by atoms with Gasteiger partial charge in [0.05, 0.1) is 15.7 Å². The van der Waals surface area contributed by atoms with Crippen LogP contribution in [0.2, 0.25) is 0 Å². The number of aromatic nitrogens is 2. The predicted molar refractivity (Wildman–Crippen MR) is 127 cm³/mol. The van der Waals surface area contributed by atoms with Gasteiger partial charge in [-0.25, -0.2) is 9.37 Å². The average molecular weight is 519 g/mol. The van der Waals surface area contributed by atoms with Gasteiger partial charge in [-0.2, -0.15) is 4.98 Å². The number of carbonyl (C=O) groups excluding carboxylic acids is 2. The zero-order valence-electron chi connectivity index (χ0n) is 16.8. The van der Waals surface area contributed by atoms with Crippen molar-refractivity contribution < 1.29 is 14.0 Å². The number of hydrogen-bond donors (Lipinski definition) is 4. The Morgan fingerprint density at radius 1 is 1.19 bits per heavy atom. The predicted octanol–water partition coefficient (Wildman–Crippen LogP) is 4.54. The van der Waals surface area contributed by atoms with E-state index < -0.39 is 11.7 Å². The highest BCUT2D eigenvalue weighted by atomic mass is 79.9. The number of benzene rings is 2. The quantitative estimate of drug-likeness (QED) is 0.166. The molecule has 0 unspecified atom stereocenters. The highest BCUT2D eigenvalue weighted by Crippen LogP contribution is 2.28. The van der Waals surface area contributed by atoms with Crippen molar-refractivity contribution in [3.8, 4) is 0 Å². The number of carbonyl (C=O) groups is 2. The van der Waals surface area contributed by atoms with Crippen LogP contribution < -0.4 is 21.1 Å². The minimum absolute atomic E-state index is 0.199. The summed E-state index contributed by atoms with van der Waals surface area (Å²) in [4.78, 5) is 31.6. The smallest absolute Gasteiger partial charge is 0.253 e. The molecule has 11 heteroatoms. The Labute approximate surface area is 196 Å². The lowest BCUT2D eigenvalue weighted by Crippen LogP contribution is -2.16. The molecule has 0 atom stereocenters. The third-order valence-electron chi connectivity index (χ3n) is 4.16. The van der Waals surface area contributed by atoms with Crippen molar-refractivity contribution in [3.05, 3.63) is 64.5 Å². The molecule has 1 heterocycles. The molecule has 0 aliphatic carbocycles. The van der Waals surface area contributed by atoms with Gasteiger partial charge in [0.25, 0.3) is 5.91 Å². The number of nitrogens with one attached hydrogen (secondary N) is 3. The second-order valence-electron chi connectivity index (χ2n) is 6.50. The number of nitrogens with zero attached hydrogens (tertiary/aromatic N) is 2. The zero-order valence-corrected chi connectivity index (χ0v) is 19.2. The van der Waals surface area contributed by atoms with Crippen LogP contribution in [0.25, 0.3) is 0 Å². The minimum atomic E-state index is -0.884. The number of anilines is 4. The van der Waals surface area contributed by atoms with E-state index in [1.165, 1.54) is 30.3 Å². The van der Waals surface area contributed by atoms with Gasteiger partial charge in [-0.3, -0.25) is 9.52 Å². The lowest BCUT2D eigenvalue weighted by molar-refractivity contribution is -0.107. The topological polar surface area (TPSA) is 122 Å². The number of primary amides is 1. The van der Waals surface area contributed by atoms with E-state index in [-0.39, 0.29) is 11.3 Å². The zero-order chi connectivity index (χ0) is 22.9. The molecule has 8 nitrogen and oxygen atoms in total. The summed E-state index contributed by atoms with van der Waals surface area (Å²) in [6.07, 6.45) is 3.79. The van der Waals surface area contributed by atoms with Gasteiger partial charge in [-0.05, 0) is 70.7 Å². The number of hydrogen-bond acceptors (Lipinski definition) is 8. The molecule has 0 radical (unpaired) electrons. The Kier molecular flexibility index (Phi) is 8.54. The fraction of sp³-hybridized carbons (Fsp3) is 0.143. The highest BCUT2D eigenvalue weighted by Gasteiger charge is 2.16. The number of rotatable bonds is 11. The summed E-state index contributed by atoms with van der Waals surface area (Å²) in [5.74, 6) is -0.963. The fourth-order valence-electron chi connectivity index (χ4n) is 2.65. The Balaban J connectivity index is 1.68. The summed E-state index contributed by atoms with van der Waals surface area (Å²) in [6.45, 7) is 0.745. The first-order valence-electron chi connectivity index (χ1n) is 9.56. The van der Waals surface area contributed by atoms with Gasteiger partial charge in [0.15, 0.2) is 0 Å². The number of unbranched alkanes of at least 4 members (excludes halogenated alkanes) is 1. The molecule has 0 spiro atoms. The van der Waals surface area contributed by atoms with Crippen molar-refractivity contribution >= 4 is 63.2 Å². The van der Waals surface area contributed by atoms with Gasteiger partial charge in [0.1, 0.15) is 17.9 Å². The molecule has 3 aromatic rings. The second kappa shape index (κ2) is 11.6. The summed E-state index contributed by atoms with van der Waals surface area (Å²) in [6, 6.07) is 11.8. The minimum Gasteiger partial charge on any atom is -0.365 e. The summed E-state index contributed by atoms with van der Waals surface area (Å²) < 4.78 is 17.7. The van der Waals surface area contributed by atoms with Gasteiger partial charge in [-0.15, -0.1) is 0 Å². The first-order valence-corrected chi connectivity index (χ1v) is 11.2. The van der Waals surface area contributed by atoms with E-state index >= 15 is 0 Å². The van der Waals surface area contributed by atoms with Crippen molar-refractivity contribution in [2.24, 2.45) is 5.73 Å². The molecule has 5 N–H and O–H groups in total. The van der Waals surface area contributed by atoms with Crippen LogP contribution >= 0.6 is 27.9 Å². The van der Waals surface area contributed by atoms with Crippen molar-refractivity contribution in [1.82, 2.24) is 14.7 Å². The van der Waals surface area contributed by atoms with Crippen molar-refractivity contribution in [2.75, 3.05) is 17.2 Å². The molecule has 0 aliphatic rings. The van der Waals surface area contributed by atoms with Crippen LogP contribution in [-0.2, 0) is 4.79 Å². The van der Waals surface area contributed by atoms with Gasteiger partial charge < -0.3 is 21.2 Å².